The lowest BCUT2D eigenvalue weighted by atomic mass is 10.1. The Kier molecular flexibility index (Phi) is 5.34. The van der Waals surface area contributed by atoms with Gasteiger partial charge in [0.2, 0.25) is 5.88 Å². The summed E-state index contributed by atoms with van der Waals surface area (Å²) in [5, 5.41) is 14.8. The van der Waals surface area contributed by atoms with Gasteiger partial charge in [0, 0.05) is 30.6 Å². The van der Waals surface area contributed by atoms with Crippen molar-refractivity contribution in [1.29, 1.82) is 0 Å². The van der Waals surface area contributed by atoms with Gasteiger partial charge in [-0.05, 0) is 38.8 Å². The summed E-state index contributed by atoms with van der Waals surface area (Å²) in [5.74, 6) is 1.95. The van der Waals surface area contributed by atoms with Crippen LogP contribution >= 0.6 is 11.3 Å². The number of hydrogen-bond acceptors (Lipinski definition) is 7. The number of rotatable bonds is 5. The molecule has 1 N–H and O–H groups in total. The van der Waals surface area contributed by atoms with E-state index in [1.165, 1.54) is 0 Å². The molecule has 8 nitrogen and oxygen atoms in total. The van der Waals surface area contributed by atoms with Gasteiger partial charge in [0.1, 0.15) is 17.1 Å². The Morgan fingerprint density at radius 1 is 1.39 bits per heavy atom. The Balaban J connectivity index is 1.46. The van der Waals surface area contributed by atoms with Crippen LogP contribution in [0.2, 0.25) is 0 Å². The van der Waals surface area contributed by atoms with Crippen LogP contribution in [0.5, 0.6) is 5.88 Å². The second kappa shape index (κ2) is 8.05. The lowest BCUT2D eigenvalue weighted by Crippen LogP contribution is -2.35. The molecule has 0 spiro atoms. The molecule has 0 bridgehead atoms. The van der Waals surface area contributed by atoms with Gasteiger partial charge in [-0.1, -0.05) is 0 Å². The molecule has 9 heteroatoms. The summed E-state index contributed by atoms with van der Waals surface area (Å²) in [7, 11) is 0. The zero-order chi connectivity index (χ0) is 19.5. The fourth-order valence-electron chi connectivity index (χ4n) is 3.37. The van der Waals surface area contributed by atoms with Crippen molar-refractivity contribution in [3.8, 4) is 17.4 Å². The number of aromatic nitrogens is 5. The average molecular weight is 398 g/mol. The molecule has 28 heavy (non-hydrogen) atoms. The second-order valence-corrected chi connectivity index (χ2v) is 7.69. The summed E-state index contributed by atoms with van der Waals surface area (Å²) in [6, 6.07) is 3.53. The summed E-state index contributed by atoms with van der Waals surface area (Å²) in [5.41, 5.74) is 1.33. The highest BCUT2D eigenvalue weighted by Gasteiger charge is 2.24. The number of aryl methyl sites for hydroxylation is 2. The lowest BCUT2D eigenvalue weighted by Gasteiger charge is -2.17. The zero-order valence-electron chi connectivity index (χ0n) is 15.9. The van der Waals surface area contributed by atoms with E-state index < -0.39 is 0 Å². The first-order valence-corrected chi connectivity index (χ1v) is 10.3. The normalized spacial score (nSPS) is 16.3. The Morgan fingerprint density at radius 2 is 2.29 bits per heavy atom. The van der Waals surface area contributed by atoms with Crippen LogP contribution in [0.1, 0.15) is 41.0 Å². The van der Waals surface area contributed by atoms with Gasteiger partial charge >= 0.3 is 0 Å². The van der Waals surface area contributed by atoms with Crippen molar-refractivity contribution >= 4 is 17.2 Å². The first-order valence-electron chi connectivity index (χ1n) is 9.39. The van der Waals surface area contributed by atoms with E-state index in [1.807, 2.05) is 19.2 Å². The second-order valence-electron chi connectivity index (χ2n) is 6.63. The summed E-state index contributed by atoms with van der Waals surface area (Å²) in [6.07, 6.45) is 3.99. The molecule has 0 radical (unpaired) electrons. The van der Waals surface area contributed by atoms with E-state index in [0.717, 1.165) is 48.2 Å². The monoisotopic (exact) mass is 398 g/mol. The van der Waals surface area contributed by atoms with E-state index in [9.17, 15) is 4.79 Å². The highest BCUT2D eigenvalue weighted by atomic mass is 32.1. The standard InChI is InChI=1S/C19H22N6O2S/c1-3-27-19-14(5-4-9-20-19)18(26)22-13-6-7-16-23-24-17(25(16)10-8-13)15-11-28-12(2)21-15/h4-5,9,11,13H,3,6-8,10H2,1-2H3,(H,22,26). The van der Waals surface area contributed by atoms with Gasteiger partial charge in [-0.3, -0.25) is 4.79 Å². The first kappa shape index (κ1) is 18.5. The fraction of sp³-hybridized carbons (Fsp3) is 0.421. The number of thiazole rings is 1. The number of ether oxygens (including phenoxy) is 1. The van der Waals surface area contributed by atoms with Gasteiger partial charge in [-0.2, -0.15) is 0 Å². The lowest BCUT2D eigenvalue weighted by molar-refractivity contribution is 0.0928. The summed E-state index contributed by atoms with van der Waals surface area (Å²) in [4.78, 5) is 21.4. The van der Waals surface area contributed by atoms with Crippen LogP contribution in [-0.4, -0.2) is 43.3 Å². The van der Waals surface area contributed by atoms with Crippen molar-refractivity contribution in [2.75, 3.05) is 6.61 Å². The molecule has 1 amide bonds. The highest BCUT2D eigenvalue weighted by Crippen LogP contribution is 2.24. The Morgan fingerprint density at radius 3 is 3.07 bits per heavy atom. The number of amides is 1. The van der Waals surface area contributed by atoms with Crippen molar-refractivity contribution < 1.29 is 9.53 Å². The smallest absolute Gasteiger partial charge is 0.256 e. The molecule has 3 aromatic heterocycles. The molecule has 4 heterocycles. The molecule has 1 unspecified atom stereocenters. The van der Waals surface area contributed by atoms with Gasteiger partial charge in [0.05, 0.1) is 11.6 Å². The molecule has 4 rings (SSSR count). The number of nitrogens with one attached hydrogen (secondary N) is 1. The maximum atomic E-state index is 12.7. The van der Waals surface area contributed by atoms with Crippen molar-refractivity contribution in [1.82, 2.24) is 30.0 Å². The third-order valence-electron chi connectivity index (χ3n) is 4.73. The average Bonchev–Trinajstić information content (AvgIpc) is 3.25. The number of fused-ring (bicyclic) bond motifs is 1. The van der Waals surface area contributed by atoms with Gasteiger partial charge in [0.15, 0.2) is 5.82 Å². The molecule has 0 saturated carbocycles. The van der Waals surface area contributed by atoms with Gasteiger partial charge in [-0.25, -0.2) is 9.97 Å². The molecular weight excluding hydrogens is 376 g/mol. The maximum Gasteiger partial charge on any atom is 0.256 e. The van der Waals surface area contributed by atoms with Gasteiger partial charge in [-0.15, -0.1) is 21.5 Å². The molecule has 0 fully saturated rings. The molecule has 0 saturated heterocycles. The summed E-state index contributed by atoms with van der Waals surface area (Å²) < 4.78 is 7.60. The topological polar surface area (TPSA) is 94.8 Å². The fourth-order valence-corrected chi connectivity index (χ4v) is 3.96. The Labute approximate surface area is 167 Å². The van der Waals surface area contributed by atoms with Gasteiger partial charge in [0.25, 0.3) is 5.91 Å². The number of carbonyl (C=O) groups is 1. The minimum Gasteiger partial charge on any atom is -0.477 e. The minimum absolute atomic E-state index is 0.0499. The van der Waals surface area contributed by atoms with E-state index in [2.05, 4.69) is 30.0 Å². The SMILES string of the molecule is CCOc1ncccc1C(=O)NC1CCc2nnc(-c3csc(C)n3)n2CC1. The molecule has 1 atom stereocenters. The summed E-state index contributed by atoms with van der Waals surface area (Å²) >= 11 is 1.60. The molecule has 0 aromatic carbocycles. The molecular formula is C19H22N6O2S. The van der Waals surface area contributed by atoms with Crippen LogP contribution in [-0.2, 0) is 13.0 Å². The molecule has 1 aliphatic rings. The number of nitrogens with zero attached hydrogens (tertiary/aromatic N) is 5. The van der Waals surface area contributed by atoms with Gasteiger partial charge < -0.3 is 14.6 Å². The maximum absolute atomic E-state index is 12.7. The van der Waals surface area contributed by atoms with Crippen LogP contribution < -0.4 is 10.1 Å². The first-order chi connectivity index (χ1) is 13.7. The third-order valence-corrected chi connectivity index (χ3v) is 5.50. The quantitative estimate of drug-likeness (QED) is 0.710. The van der Waals surface area contributed by atoms with E-state index in [1.54, 1.807) is 29.7 Å². The van der Waals surface area contributed by atoms with Crippen molar-refractivity contribution in [3.63, 3.8) is 0 Å². The Hall–Kier alpha value is -2.81. The molecule has 146 valence electrons. The van der Waals surface area contributed by atoms with Crippen LogP contribution in [0.3, 0.4) is 0 Å². The number of hydrogen-bond donors (Lipinski definition) is 1. The molecule has 1 aliphatic heterocycles. The summed E-state index contributed by atoms with van der Waals surface area (Å²) in [6.45, 7) is 5.06. The number of carbonyl (C=O) groups excluding carboxylic acids is 1. The van der Waals surface area contributed by atoms with E-state index in [0.29, 0.717) is 18.1 Å². The van der Waals surface area contributed by atoms with Crippen molar-refractivity contribution in [2.24, 2.45) is 0 Å². The highest BCUT2D eigenvalue weighted by molar-refractivity contribution is 7.09. The predicted molar refractivity (Wildman–Crippen MR) is 105 cm³/mol. The van der Waals surface area contributed by atoms with Crippen LogP contribution in [0, 0.1) is 6.92 Å². The van der Waals surface area contributed by atoms with Crippen molar-refractivity contribution in [3.05, 3.63) is 40.1 Å². The molecule has 3 aromatic rings. The third kappa shape index (κ3) is 3.75. The van der Waals surface area contributed by atoms with E-state index >= 15 is 0 Å². The van der Waals surface area contributed by atoms with Crippen molar-refractivity contribution in [2.45, 2.75) is 45.7 Å². The predicted octanol–water partition coefficient (Wildman–Crippen LogP) is 2.64. The number of pyridine rings is 1. The molecule has 0 aliphatic carbocycles. The van der Waals surface area contributed by atoms with Crippen LogP contribution in [0.25, 0.3) is 11.5 Å². The zero-order valence-corrected chi connectivity index (χ0v) is 16.7. The largest absolute Gasteiger partial charge is 0.477 e. The Bertz CT molecular complexity index is 982. The van der Waals surface area contributed by atoms with E-state index in [4.69, 9.17) is 4.74 Å². The van der Waals surface area contributed by atoms with E-state index in [-0.39, 0.29) is 11.9 Å². The van der Waals surface area contributed by atoms with Crippen LogP contribution in [0.4, 0.5) is 0 Å². The minimum atomic E-state index is -0.158. The van der Waals surface area contributed by atoms with Crippen LogP contribution in [0.15, 0.2) is 23.7 Å².